The average molecular weight is 471 g/mol. The smallest absolute Gasteiger partial charge is 0.270 e. The van der Waals surface area contributed by atoms with Gasteiger partial charge in [0.2, 0.25) is 5.78 Å². The molecule has 34 heavy (non-hydrogen) atoms. The Morgan fingerprint density at radius 2 is 1.91 bits per heavy atom. The number of hydrogen-bond donors (Lipinski definition) is 1. The van der Waals surface area contributed by atoms with Crippen LogP contribution in [0.25, 0.3) is 27.3 Å². The molecular weight excluding hydrogens is 452 g/mol. The Balaban J connectivity index is 1.62. The minimum atomic E-state index is -0.437. The fraction of sp³-hybridized carbons (Fsp3) is 0.0400. The van der Waals surface area contributed by atoms with Crippen molar-refractivity contribution >= 4 is 34.0 Å². The molecule has 0 amide bonds. The molecule has 5 rings (SSSR count). The quantitative estimate of drug-likeness (QED) is 0.200. The second kappa shape index (κ2) is 8.45. The summed E-state index contributed by atoms with van der Waals surface area (Å²) in [5, 5.41) is 13.6. The summed E-state index contributed by atoms with van der Waals surface area (Å²) in [5.41, 5.74) is 10.3. The Morgan fingerprint density at radius 3 is 2.65 bits per heavy atom. The van der Waals surface area contributed by atoms with E-state index >= 15 is 0 Å². The van der Waals surface area contributed by atoms with Gasteiger partial charge in [-0.05, 0) is 36.4 Å². The molecule has 0 fully saturated rings. The molecule has 0 radical (unpaired) electrons. The lowest BCUT2D eigenvalue weighted by Gasteiger charge is -2.05. The molecule has 2 N–H and O–H groups in total. The predicted octanol–water partition coefficient (Wildman–Crippen LogP) is 5.46. The van der Waals surface area contributed by atoms with Gasteiger partial charge in [-0.2, -0.15) is 0 Å². The summed E-state index contributed by atoms with van der Waals surface area (Å²) in [6.07, 6.45) is 1.79. The summed E-state index contributed by atoms with van der Waals surface area (Å²) < 4.78 is 6.95. The largest absolute Gasteiger partial charge is 0.497 e. The van der Waals surface area contributed by atoms with Gasteiger partial charge in [0, 0.05) is 34.8 Å². The minimum Gasteiger partial charge on any atom is -0.497 e. The number of benzene rings is 2. The third kappa shape index (κ3) is 3.57. The Labute approximate surface area is 198 Å². The molecule has 5 aromatic rings. The SMILES string of the molecule is COc1ccc(C(=O)c2c(N)c(-c3nc(-c4cccc([N+](=O)[O-])c4)cs3)c3ccccn23)cc1. The number of fused-ring (bicyclic) bond motifs is 1. The Kier molecular flexibility index (Phi) is 5.31. The van der Waals surface area contributed by atoms with Crippen molar-refractivity contribution in [1.82, 2.24) is 9.38 Å². The summed E-state index contributed by atoms with van der Waals surface area (Å²) >= 11 is 1.36. The van der Waals surface area contributed by atoms with Gasteiger partial charge in [-0.1, -0.05) is 18.2 Å². The second-order valence-corrected chi connectivity index (χ2v) is 8.35. The van der Waals surface area contributed by atoms with Gasteiger partial charge in [0.1, 0.15) is 16.5 Å². The first kappa shape index (κ1) is 21.4. The van der Waals surface area contributed by atoms with E-state index in [9.17, 15) is 14.9 Å². The normalized spacial score (nSPS) is 11.0. The molecule has 0 unspecified atom stereocenters. The number of thiazole rings is 1. The summed E-state index contributed by atoms with van der Waals surface area (Å²) in [4.78, 5) is 28.8. The molecule has 0 saturated heterocycles. The molecule has 0 atom stereocenters. The van der Waals surface area contributed by atoms with Crippen LogP contribution in [0.2, 0.25) is 0 Å². The van der Waals surface area contributed by atoms with Crippen LogP contribution in [0, 0.1) is 10.1 Å². The first-order chi connectivity index (χ1) is 16.5. The fourth-order valence-electron chi connectivity index (χ4n) is 3.86. The number of non-ortho nitro benzene ring substituents is 1. The maximum Gasteiger partial charge on any atom is 0.270 e. The standard InChI is InChI=1S/C25H18N4O4S/c1-33-18-10-8-15(9-11-18)24(30)23-22(26)21(20-7-2-3-12-28(20)23)25-27-19(14-34-25)16-5-4-6-17(13-16)29(31)32/h2-14H,26H2,1H3. The minimum absolute atomic E-state index is 0.00625. The van der Waals surface area contributed by atoms with Crippen LogP contribution >= 0.6 is 11.3 Å². The van der Waals surface area contributed by atoms with Gasteiger partial charge < -0.3 is 14.9 Å². The third-order valence-corrected chi connectivity index (χ3v) is 6.38. The molecule has 168 valence electrons. The van der Waals surface area contributed by atoms with Crippen LogP contribution in [0.4, 0.5) is 11.4 Å². The molecule has 0 saturated carbocycles. The molecule has 0 aliphatic carbocycles. The van der Waals surface area contributed by atoms with E-state index < -0.39 is 4.92 Å². The molecule has 3 aromatic heterocycles. The number of nitrogens with two attached hydrogens (primary N) is 1. The number of anilines is 1. The average Bonchev–Trinajstić information content (AvgIpc) is 3.45. The van der Waals surface area contributed by atoms with Crippen LogP contribution in [-0.2, 0) is 0 Å². The molecule has 0 aliphatic heterocycles. The molecule has 0 bridgehead atoms. The van der Waals surface area contributed by atoms with Crippen LogP contribution < -0.4 is 10.5 Å². The molecular formula is C25H18N4O4S. The number of methoxy groups -OCH3 is 1. The van der Waals surface area contributed by atoms with Crippen molar-refractivity contribution in [3.63, 3.8) is 0 Å². The third-order valence-electron chi connectivity index (χ3n) is 5.52. The van der Waals surface area contributed by atoms with Crippen molar-refractivity contribution in [2.75, 3.05) is 12.8 Å². The van der Waals surface area contributed by atoms with Crippen molar-refractivity contribution in [1.29, 1.82) is 0 Å². The highest BCUT2D eigenvalue weighted by Crippen LogP contribution is 2.39. The molecule has 3 heterocycles. The first-order valence-electron chi connectivity index (χ1n) is 10.3. The van der Waals surface area contributed by atoms with Crippen LogP contribution in [0.15, 0.2) is 78.3 Å². The molecule has 2 aromatic carbocycles. The van der Waals surface area contributed by atoms with E-state index in [-0.39, 0.29) is 11.5 Å². The lowest BCUT2D eigenvalue weighted by atomic mass is 10.1. The van der Waals surface area contributed by atoms with Crippen molar-refractivity contribution < 1.29 is 14.5 Å². The zero-order chi connectivity index (χ0) is 23.8. The van der Waals surface area contributed by atoms with Crippen LogP contribution in [0.3, 0.4) is 0 Å². The number of carbonyl (C=O) groups is 1. The van der Waals surface area contributed by atoms with Crippen LogP contribution in [0.5, 0.6) is 5.75 Å². The lowest BCUT2D eigenvalue weighted by molar-refractivity contribution is -0.384. The van der Waals surface area contributed by atoms with E-state index in [1.165, 1.54) is 23.5 Å². The fourth-order valence-corrected chi connectivity index (χ4v) is 4.76. The van der Waals surface area contributed by atoms with Crippen molar-refractivity contribution in [3.8, 4) is 27.6 Å². The van der Waals surface area contributed by atoms with E-state index in [0.29, 0.717) is 44.5 Å². The molecule has 0 aliphatic rings. The van der Waals surface area contributed by atoms with Gasteiger partial charge >= 0.3 is 0 Å². The zero-order valence-corrected chi connectivity index (χ0v) is 18.8. The number of hydrogen-bond acceptors (Lipinski definition) is 7. The van der Waals surface area contributed by atoms with Crippen LogP contribution in [0.1, 0.15) is 16.1 Å². The topological polar surface area (TPSA) is 113 Å². The number of nitrogen functional groups attached to an aromatic ring is 1. The maximum atomic E-state index is 13.4. The number of ketones is 1. The van der Waals surface area contributed by atoms with Gasteiger partial charge in [-0.25, -0.2) is 4.98 Å². The Bertz CT molecular complexity index is 1550. The van der Waals surface area contributed by atoms with Gasteiger partial charge in [0.05, 0.1) is 34.5 Å². The highest BCUT2D eigenvalue weighted by atomic mass is 32.1. The van der Waals surface area contributed by atoms with E-state index in [1.54, 1.807) is 54.1 Å². The summed E-state index contributed by atoms with van der Waals surface area (Å²) in [6, 6.07) is 18.8. The number of nitrogens with zero attached hydrogens (tertiary/aromatic N) is 3. The number of nitro groups is 1. The van der Waals surface area contributed by atoms with E-state index in [1.807, 2.05) is 23.6 Å². The number of nitro benzene ring substituents is 1. The van der Waals surface area contributed by atoms with Crippen molar-refractivity contribution in [2.24, 2.45) is 0 Å². The van der Waals surface area contributed by atoms with Gasteiger partial charge in [0.25, 0.3) is 5.69 Å². The Hall–Kier alpha value is -4.50. The number of aromatic nitrogens is 2. The summed E-state index contributed by atoms with van der Waals surface area (Å²) in [5.74, 6) is 0.435. The number of carbonyl (C=O) groups excluding carboxylic acids is 1. The van der Waals surface area contributed by atoms with E-state index in [0.717, 1.165) is 5.52 Å². The van der Waals surface area contributed by atoms with Gasteiger partial charge in [0.15, 0.2) is 0 Å². The lowest BCUT2D eigenvalue weighted by Crippen LogP contribution is -2.08. The monoisotopic (exact) mass is 470 g/mol. The second-order valence-electron chi connectivity index (χ2n) is 7.50. The number of rotatable bonds is 6. The van der Waals surface area contributed by atoms with E-state index in [2.05, 4.69) is 0 Å². The van der Waals surface area contributed by atoms with Gasteiger partial charge in [-0.3, -0.25) is 14.9 Å². The highest BCUT2D eigenvalue weighted by Gasteiger charge is 2.25. The van der Waals surface area contributed by atoms with Crippen molar-refractivity contribution in [3.05, 3.63) is 99.7 Å². The summed E-state index contributed by atoms with van der Waals surface area (Å²) in [7, 11) is 1.57. The Morgan fingerprint density at radius 1 is 1.12 bits per heavy atom. The first-order valence-corrected chi connectivity index (χ1v) is 11.1. The van der Waals surface area contributed by atoms with E-state index in [4.69, 9.17) is 15.5 Å². The summed E-state index contributed by atoms with van der Waals surface area (Å²) in [6.45, 7) is 0. The molecule has 8 nitrogen and oxygen atoms in total. The van der Waals surface area contributed by atoms with Crippen molar-refractivity contribution in [2.45, 2.75) is 0 Å². The molecule has 0 spiro atoms. The number of pyridine rings is 1. The zero-order valence-electron chi connectivity index (χ0n) is 18.0. The maximum absolute atomic E-state index is 13.4. The van der Waals surface area contributed by atoms with Crippen LogP contribution in [-0.4, -0.2) is 27.2 Å². The molecule has 9 heteroatoms. The predicted molar refractivity (Wildman–Crippen MR) is 131 cm³/mol. The van der Waals surface area contributed by atoms with Gasteiger partial charge in [-0.15, -0.1) is 11.3 Å². The highest BCUT2D eigenvalue weighted by molar-refractivity contribution is 7.13. The number of ether oxygens (including phenoxy) is 1.